The van der Waals surface area contributed by atoms with E-state index in [0.29, 0.717) is 5.25 Å². The fourth-order valence-corrected chi connectivity index (χ4v) is 5.15. The maximum Gasteiger partial charge on any atom is 0.167 e. The summed E-state index contributed by atoms with van der Waals surface area (Å²) in [5, 5.41) is 1.38. The molecule has 0 saturated heterocycles. The molecule has 1 aromatic heterocycles. The predicted molar refractivity (Wildman–Crippen MR) is 114 cm³/mol. The van der Waals surface area contributed by atoms with Crippen molar-refractivity contribution in [2.75, 3.05) is 6.61 Å². The van der Waals surface area contributed by atoms with E-state index in [1.165, 1.54) is 16.7 Å². The van der Waals surface area contributed by atoms with Crippen LogP contribution in [0.25, 0.3) is 10.6 Å². The lowest BCUT2D eigenvalue weighted by Gasteiger charge is -2.13. The van der Waals surface area contributed by atoms with Crippen LogP contribution in [0.3, 0.4) is 0 Å². The van der Waals surface area contributed by atoms with Crippen molar-refractivity contribution >= 4 is 28.9 Å². The number of hydrogen-bond donors (Lipinski definition) is 0. The summed E-state index contributed by atoms with van der Waals surface area (Å²) in [7, 11) is 0. The Morgan fingerprint density at radius 3 is 2.59 bits per heavy atom. The number of ether oxygens (including phenoxy) is 1. The Morgan fingerprint density at radius 1 is 1.19 bits per heavy atom. The molecule has 3 nitrogen and oxygen atoms in total. The maximum atomic E-state index is 11.1. The number of aromatic nitrogens is 1. The number of rotatable bonds is 7. The Balaban J connectivity index is 1.74. The fourth-order valence-electron chi connectivity index (χ4n) is 2.78. The second-order valence-corrected chi connectivity index (χ2v) is 8.96. The lowest BCUT2D eigenvalue weighted by atomic mass is 10.2. The third-order valence-corrected chi connectivity index (χ3v) is 6.77. The number of aryl methyl sites for hydroxylation is 2. The smallest absolute Gasteiger partial charge is 0.167 e. The summed E-state index contributed by atoms with van der Waals surface area (Å²) in [5.74, 6) is 0.791. The third-order valence-electron chi connectivity index (χ3n) is 4.11. The molecule has 0 amide bonds. The van der Waals surface area contributed by atoms with E-state index in [1.54, 1.807) is 11.3 Å². The zero-order chi connectivity index (χ0) is 19.4. The van der Waals surface area contributed by atoms with Crippen LogP contribution >= 0.6 is 23.1 Å². The van der Waals surface area contributed by atoms with Crippen LogP contribution in [0.1, 0.15) is 35.2 Å². The Kier molecular flexibility index (Phi) is 6.34. The lowest BCUT2D eigenvalue weighted by Crippen LogP contribution is -2.07. The maximum absolute atomic E-state index is 11.1. The molecule has 0 fully saturated rings. The van der Waals surface area contributed by atoms with E-state index < -0.39 is 0 Å². The first-order valence-electron chi connectivity index (χ1n) is 8.86. The summed E-state index contributed by atoms with van der Waals surface area (Å²) >= 11 is 3.58. The van der Waals surface area contributed by atoms with Gasteiger partial charge in [0, 0.05) is 20.6 Å². The highest BCUT2D eigenvalue weighted by Gasteiger charge is 2.17. The third kappa shape index (κ3) is 4.99. The van der Waals surface area contributed by atoms with Crippen LogP contribution in [0.15, 0.2) is 53.4 Å². The summed E-state index contributed by atoms with van der Waals surface area (Å²) in [6.07, 6.45) is 0. The summed E-state index contributed by atoms with van der Waals surface area (Å²) in [4.78, 5) is 18.4. The van der Waals surface area contributed by atoms with Crippen molar-refractivity contribution in [2.45, 2.75) is 37.8 Å². The van der Waals surface area contributed by atoms with Crippen molar-refractivity contribution in [3.63, 3.8) is 0 Å². The number of carbonyl (C=O) groups excluding carboxylic acids is 1. The molecule has 140 valence electrons. The number of thiazole rings is 1. The van der Waals surface area contributed by atoms with Crippen molar-refractivity contribution in [3.8, 4) is 16.3 Å². The number of hydrogen-bond acceptors (Lipinski definition) is 5. The van der Waals surface area contributed by atoms with Gasteiger partial charge < -0.3 is 4.74 Å². The van der Waals surface area contributed by atoms with Crippen LogP contribution < -0.4 is 4.74 Å². The van der Waals surface area contributed by atoms with Crippen molar-refractivity contribution in [1.29, 1.82) is 0 Å². The second kappa shape index (κ2) is 8.72. The Bertz CT molecular complexity index is 935. The predicted octanol–water partition coefficient (Wildman–Crippen LogP) is 6.25. The molecule has 0 saturated carbocycles. The first-order valence-corrected chi connectivity index (χ1v) is 10.6. The number of carbonyl (C=O) groups is 1. The summed E-state index contributed by atoms with van der Waals surface area (Å²) in [5.41, 5.74) is 3.30. The highest BCUT2D eigenvalue weighted by atomic mass is 32.2. The van der Waals surface area contributed by atoms with E-state index in [4.69, 9.17) is 9.72 Å². The van der Waals surface area contributed by atoms with Gasteiger partial charge in [0.05, 0.1) is 5.69 Å². The molecule has 2 aromatic carbocycles. The van der Waals surface area contributed by atoms with Crippen LogP contribution in [0.4, 0.5) is 0 Å². The van der Waals surface area contributed by atoms with Gasteiger partial charge in [-0.3, -0.25) is 4.79 Å². The van der Waals surface area contributed by atoms with Gasteiger partial charge in [0.1, 0.15) is 17.4 Å². The molecule has 3 rings (SSSR count). The average Bonchev–Trinajstić information content (AvgIpc) is 3.03. The van der Waals surface area contributed by atoms with Gasteiger partial charge in [-0.15, -0.1) is 23.1 Å². The zero-order valence-corrected chi connectivity index (χ0v) is 17.6. The topological polar surface area (TPSA) is 39.2 Å². The molecule has 0 radical (unpaired) electrons. The van der Waals surface area contributed by atoms with Gasteiger partial charge in [0.25, 0.3) is 0 Å². The Labute approximate surface area is 168 Å². The Morgan fingerprint density at radius 2 is 1.93 bits per heavy atom. The standard InChI is InChI=1S/C22H23NO2S2/c1-14-12-19(10-11-20(14)25-13-15(2)24)26-17(4)21-16(3)23-22(27-21)18-8-6-5-7-9-18/h5-12,17H,13H2,1-4H3. The number of benzene rings is 2. The van der Waals surface area contributed by atoms with Crippen LogP contribution in [-0.4, -0.2) is 17.4 Å². The first-order chi connectivity index (χ1) is 12.9. The summed E-state index contributed by atoms with van der Waals surface area (Å²) in [6.45, 7) is 7.96. The molecule has 1 heterocycles. The monoisotopic (exact) mass is 397 g/mol. The molecule has 0 aliphatic heterocycles. The fraction of sp³-hybridized carbons (Fsp3) is 0.273. The van der Waals surface area contributed by atoms with Crippen LogP contribution in [0.2, 0.25) is 0 Å². The molecule has 3 aromatic rings. The molecule has 0 N–H and O–H groups in total. The summed E-state index contributed by atoms with van der Waals surface area (Å²) < 4.78 is 5.55. The first kappa shape index (κ1) is 19.6. The van der Waals surface area contributed by atoms with E-state index in [-0.39, 0.29) is 12.4 Å². The van der Waals surface area contributed by atoms with Crippen molar-refractivity contribution < 1.29 is 9.53 Å². The Hall–Kier alpha value is -2.11. The number of ketones is 1. The van der Waals surface area contributed by atoms with Crippen molar-refractivity contribution in [1.82, 2.24) is 4.98 Å². The van der Waals surface area contributed by atoms with E-state index in [9.17, 15) is 4.79 Å². The van der Waals surface area contributed by atoms with Crippen LogP contribution in [0, 0.1) is 13.8 Å². The van der Waals surface area contributed by atoms with E-state index in [1.807, 2.05) is 43.0 Å². The molecule has 0 aliphatic rings. The molecular formula is C22H23NO2S2. The van der Waals surface area contributed by atoms with Gasteiger partial charge in [-0.05, 0) is 51.5 Å². The molecule has 27 heavy (non-hydrogen) atoms. The van der Waals surface area contributed by atoms with Crippen molar-refractivity contribution in [2.24, 2.45) is 0 Å². The zero-order valence-electron chi connectivity index (χ0n) is 16.0. The second-order valence-electron chi connectivity index (χ2n) is 6.51. The minimum Gasteiger partial charge on any atom is -0.486 e. The molecule has 0 spiro atoms. The highest BCUT2D eigenvalue weighted by molar-refractivity contribution is 7.99. The van der Waals surface area contributed by atoms with Gasteiger partial charge in [0.15, 0.2) is 5.78 Å². The molecule has 0 bridgehead atoms. The van der Waals surface area contributed by atoms with Gasteiger partial charge in [-0.2, -0.15) is 0 Å². The summed E-state index contributed by atoms with van der Waals surface area (Å²) in [6, 6.07) is 16.4. The minimum absolute atomic E-state index is 0.0244. The van der Waals surface area contributed by atoms with Crippen molar-refractivity contribution in [3.05, 3.63) is 64.7 Å². The van der Waals surface area contributed by atoms with Gasteiger partial charge >= 0.3 is 0 Å². The quantitative estimate of drug-likeness (QED) is 0.442. The average molecular weight is 398 g/mol. The van der Waals surface area contributed by atoms with Gasteiger partial charge in [-0.25, -0.2) is 4.98 Å². The number of Topliss-reactive ketones (excluding diaryl/α,β-unsaturated/α-hetero) is 1. The molecule has 1 unspecified atom stereocenters. The SMILES string of the molecule is CC(=O)COc1ccc(SC(C)c2sc(-c3ccccc3)nc2C)cc1C. The lowest BCUT2D eigenvalue weighted by molar-refractivity contribution is -0.118. The molecule has 1 atom stereocenters. The van der Waals surface area contributed by atoms with E-state index in [2.05, 4.69) is 38.1 Å². The molecule has 5 heteroatoms. The highest BCUT2D eigenvalue weighted by Crippen LogP contribution is 2.41. The van der Waals surface area contributed by atoms with E-state index in [0.717, 1.165) is 27.6 Å². The largest absolute Gasteiger partial charge is 0.486 e. The van der Waals surface area contributed by atoms with Crippen LogP contribution in [-0.2, 0) is 4.79 Å². The normalized spacial score (nSPS) is 12.0. The molecule has 0 aliphatic carbocycles. The van der Waals surface area contributed by atoms with E-state index >= 15 is 0 Å². The number of thioether (sulfide) groups is 1. The van der Waals surface area contributed by atoms with Gasteiger partial charge in [-0.1, -0.05) is 30.3 Å². The molecular weight excluding hydrogens is 374 g/mol. The minimum atomic E-state index is 0.0244. The van der Waals surface area contributed by atoms with Crippen LogP contribution in [0.5, 0.6) is 5.75 Å². The van der Waals surface area contributed by atoms with Gasteiger partial charge in [0.2, 0.25) is 0 Å². The number of nitrogens with zero attached hydrogens (tertiary/aromatic N) is 1.